The van der Waals surface area contributed by atoms with Gasteiger partial charge in [-0.1, -0.05) is 5.16 Å². The predicted octanol–water partition coefficient (Wildman–Crippen LogP) is 1.87. The van der Waals surface area contributed by atoms with E-state index in [2.05, 4.69) is 41.2 Å². The Hall–Kier alpha value is -1.75. The lowest BCUT2D eigenvalue weighted by Crippen LogP contribution is -2.37. The summed E-state index contributed by atoms with van der Waals surface area (Å²) >= 11 is 0. The molecule has 5 heteroatoms. The van der Waals surface area contributed by atoms with Gasteiger partial charge in [-0.2, -0.15) is 0 Å². The van der Waals surface area contributed by atoms with Crippen LogP contribution in [0.5, 0.6) is 0 Å². The van der Waals surface area contributed by atoms with Crippen molar-refractivity contribution >= 4 is 11.5 Å². The van der Waals surface area contributed by atoms with Crippen molar-refractivity contribution in [1.82, 2.24) is 4.90 Å². The van der Waals surface area contributed by atoms with Gasteiger partial charge in [-0.3, -0.25) is 0 Å². The summed E-state index contributed by atoms with van der Waals surface area (Å²) in [7, 11) is 4.28. The van der Waals surface area contributed by atoms with Crippen LogP contribution in [0.1, 0.15) is 24.0 Å². The zero-order valence-corrected chi connectivity index (χ0v) is 13.2. The van der Waals surface area contributed by atoms with Crippen LogP contribution in [0.25, 0.3) is 0 Å². The van der Waals surface area contributed by atoms with Crippen molar-refractivity contribution < 1.29 is 5.21 Å². The number of hydrogen-bond acceptors (Lipinski definition) is 4. The van der Waals surface area contributed by atoms with Crippen LogP contribution in [0, 0.1) is 12.8 Å². The molecule has 1 fully saturated rings. The lowest BCUT2D eigenvalue weighted by molar-refractivity contribution is 0.285. The summed E-state index contributed by atoms with van der Waals surface area (Å²) in [6.07, 6.45) is 2.47. The predicted molar refractivity (Wildman–Crippen MR) is 87.2 cm³/mol. The Labute approximate surface area is 127 Å². The monoisotopic (exact) mass is 290 g/mol. The number of aryl methyl sites for hydroxylation is 1. The van der Waals surface area contributed by atoms with E-state index in [1.54, 1.807) is 0 Å². The first-order valence-electron chi connectivity index (χ1n) is 7.49. The standard InChI is InChI=1S/C16H26N4O/c1-12-10-14(4-5-15(12)16(17)18-21)20-8-6-13(7-9-20)11-19(2)3/h4-5,10,13,21H,6-9,11H2,1-3H3,(H2,17,18). The normalized spacial score (nSPS) is 17.5. The van der Waals surface area contributed by atoms with E-state index in [9.17, 15) is 0 Å². The maximum Gasteiger partial charge on any atom is 0.170 e. The van der Waals surface area contributed by atoms with Crippen molar-refractivity contribution in [3.8, 4) is 0 Å². The van der Waals surface area contributed by atoms with E-state index < -0.39 is 0 Å². The Morgan fingerprint density at radius 1 is 1.38 bits per heavy atom. The van der Waals surface area contributed by atoms with E-state index >= 15 is 0 Å². The van der Waals surface area contributed by atoms with Crippen LogP contribution >= 0.6 is 0 Å². The highest BCUT2D eigenvalue weighted by Gasteiger charge is 2.20. The lowest BCUT2D eigenvalue weighted by atomic mass is 9.95. The summed E-state index contributed by atoms with van der Waals surface area (Å²) in [5.74, 6) is 0.970. The van der Waals surface area contributed by atoms with Gasteiger partial charge < -0.3 is 20.7 Å². The van der Waals surface area contributed by atoms with E-state index in [1.807, 2.05) is 13.0 Å². The molecule has 1 heterocycles. The van der Waals surface area contributed by atoms with E-state index in [-0.39, 0.29) is 5.84 Å². The summed E-state index contributed by atoms with van der Waals surface area (Å²) in [6, 6.07) is 6.12. The Kier molecular flexibility index (Phi) is 5.07. The van der Waals surface area contributed by atoms with Crippen molar-refractivity contribution in [3.05, 3.63) is 29.3 Å². The lowest BCUT2D eigenvalue weighted by Gasteiger charge is -2.35. The van der Waals surface area contributed by atoms with Crippen LogP contribution in [-0.2, 0) is 0 Å². The van der Waals surface area contributed by atoms with Gasteiger partial charge in [0.05, 0.1) is 0 Å². The fourth-order valence-corrected chi connectivity index (χ4v) is 3.08. The molecule has 1 aliphatic rings. The molecule has 0 atom stereocenters. The first-order valence-corrected chi connectivity index (χ1v) is 7.49. The van der Waals surface area contributed by atoms with E-state index in [4.69, 9.17) is 10.9 Å². The van der Waals surface area contributed by atoms with Gasteiger partial charge in [0.2, 0.25) is 0 Å². The van der Waals surface area contributed by atoms with Gasteiger partial charge >= 0.3 is 0 Å². The first kappa shape index (κ1) is 15.6. The van der Waals surface area contributed by atoms with E-state index in [1.165, 1.54) is 25.1 Å². The van der Waals surface area contributed by atoms with Crippen LogP contribution in [0.3, 0.4) is 0 Å². The summed E-state index contributed by atoms with van der Waals surface area (Å²) in [6.45, 7) is 5.37. The molecule has 0 bridgehead atoms. The van der Waals surface area contributed by atoms with E-state index in [0.717, 1.165) is 30.1 Å². The first-order chi connectivity index (χ1) is 10.0. The minimum atomic E-state index is 0.170. The molecule has 0 aliphatic carbocycles. The number of hydrogen-bond donors (Lipinski definition) is 2. The minimum absolute atomic E-state index is 0.170. The molecule has 0 aromatic heterocycles. The molecule has 0 unspecified atom stereocenters. The van der Waals surface area contributed by atoms with Crippen molar-refractivity contribution in [2.24, 2.45) is 16.8 Å². The molecule has 1 saturated heterocycles. The van der Waals surface area contributed by atoms with Crippen molar-refractivity contribution in [1.29, 1.82) is 0 Å². The smallest absolute Gasteiger partial charge is 0.170 e. The maximum absolute atomic E-state index is 8.78. The van der Waals surface area contributed by atoms with Crippen LogP contribution in [0.2, 0.25) is 0 Å². The summed E-state index contributed by atoms with van der Waals surface area (Å²) in [4.78, 5) is 4.70. The van der Waals surface area contributed by atoms with Gasteiger partial charge in [-0.15, -0.1) is 0 Å². The van der Waals surface area contributed by atoms with Crippen molar-refractivity contribution in [2.75, 3.05) is 38.6 Å². The molecule has 0 spiro atoms. The Morgan fingerprint density at radius 2 is 2.05 bits per heavy atom. The van der Waals surface area contributed by atoms with Crippen LogP contribution in [0.4, 0.5) is 5.69 Å². The fraction of sp³-hybridized carbons (Fsp3) is 0.562. The third-order valence-corrected chi connectivity index (χ3v) is 4.20. The molecule has 3 N–H and O–H groups in total. The molecule has 0 amide bonds. The maximum atomic E-state index is 8.78. The van der Waals surface area contributed by atoms with Crippen molar-refractivity contribution in [3.63, 3.8) is 0 Å². The Bertz CT molecular complexity index is 505. The summed E-state index contributed by atoms with van der Waals surface area (Å²) in [5.41, 5.74) is 8.73. The topological polar surface area (TPSA) is 65.1 Å². The van der Waals surface area contributed by atoms with Crippen molar-refractivity contribution in [2.45, 2.75) is 19.8 Å². The zero-order valence-electron chi connectivity index (χ0n) is 13.2. The van der Waals surface area contributed by atoms with Gasteiger partial charge in [-0.05, 0) is 63.5 Å². The third kappa shape index (κ3) is 3.88. The number of rotatable bonds is 4. The molecule has 0 saturated carbocycles. The Balaban J connectivity index is 2.02. The molecular formula is C16H26N4O. The van der Waals surface area contributed by atoms with Gasteiger partial charge in [0.15, 0.2) is 5.84 Å². The second-order valence-electron chi connectivity index (χ2n) is 6.18. The highest BCUT2D eigenvalue weighted by Crippen LogP contribution is 2.25. The molecule has 116 valence electrons. The molecule has 21 heavy (non-hydrogen) atoms. The number of benzene rings is 1. The fourth-order valence-electron chi connectivity index (χ4n) is 3.08. The number of anilines is 1. The number of piperidine rings is 1. The molecule has 5 nitrogen and oxygen atoms in total. The Morgan fingerprint density at radius 3 is 2.57 bits per heavy atom. The highest BCUT2D eigenvalue weighted by atomic mass is 16.4. The van der Waals surface area contributed by atoms with Gasteiger partial charge in [0.25, 0.3) is 0 Å². The number of oxime groups is 1. The van der Waals surface area contributed by atoms with Gasteiger partial charge in [0.1, 0.15) is 0 Å². The second kappa shape index (κ2) is 6.80. The second-order valence-corrected chi connectivity index (χ2v) is 6.18. The number of nitrogens with two attached hydrogens (primary N) is 1. The van der Waals surface area contributed by atoms with Crippen LogP contribution in [-0.4, -0.2) is 49.7 Å². The number of amidine groups is 1. The molecule has 1 aliphatic heterocycles. The average Bonchev–Trinajstić information content (AvgIpc) is 2.46. The summed E-state index contributed by atoms with van der Waals surface area (Å²) in [5, 5.41) is 11.9. The summed E-state index contributed by atoms with van der Waals surface area (Å²) < 4.78 is 0. The van der Waals surface area contributed by atoms with Crippen LogP contribution < -0.4 is 10.6 Å². The number of nitrogens with zero attached hydrogens (tertiary/aromatic N) is 3. The highest BCUT2D eigenvalue weighted by molar-refractivity contribution is 5.98. The quantitative estimate of drug-likeness (QED) is 0.384. The zero-order chi connectivity index (χ0) is 15.4. The molecule has 1 aromatic carbocycles. The molecule has 2 rings (SSSR count). The van der Waals surface area contributed by atoms with Crippen LogP contribution in [0.15, 0.2) is 23.4 Å². The van der Waals surface area contributed by atoms with E-state index in [0.29, 0.717) is 0 Å². The largest absolute Gasteiger partial charge is 0.409 e. The van der Waals surface area contributed by atoms with Gasteiger partial charge in [0, 0.05) is 30.9 Å². The molecular weight excluding hydrogens is 264 g/mol. The molecule has 1 aromatic rings. The third-order valence-electron chi connectivity index (χ3n) is 4.20. The minimum Gasteiger partial charge on any atom is -0.409 e. The van der Waals surface area contributed by atoms with Gasteiger partial charge in [-0.25, -0.2) is 0 Å². The average molecular weight is 290 g/mol. The SMILES string of the molecule is Cc1cc(N2CCC(CN(C)C)CC2)ccc1/C(N)=N/O. The molecule has 0 radical (unpaired) electrons.